The molecule has 0 fully saturated rings. The van der Waals surface area contributed by atoms with Crippen LogP contribution >= 0.6 is 0 Å². The molecule has 4 heterocycles. The summed E-state index contributed by atoms with van der Waals surface area (Å²) in [5, 5.41) is 8.02. The number of nitrogens with zero attached hydrogens (tertiary/aromatic N) is 3. The smallest absolute Gasteiger partial charge is 0.519 e. The maximum absolute atomic E-state index is 6.59. The molecule has 0 radical (unpaired) electrons. The van der Waals surface area contributed by atoms with Gasteiger partial charge >= 0.3 is 7.05 Å². The lowest BCUT2D eigenvalue weighted by atomic mass is 9.72. The van der Waals surface area contributed by atoms with Gasteiger partial charge in [-0.3, -0.25) is 4.57 Å². The normalized spacial score (nSPS) is 14.2. The third-order valence-corrected chi connectivity index (χ3v) is 15.2. The van der Waals surface area contributed by atoms with Crippen LogP contribution in [0, 0.1) is 0 Å². The van der Waals surface area contributed by atoms with Crippen molar-refractivity contribution in [3.05, 3.63) is 164 Å². The summed E-state index contributed by atoms with van der Waals surface area (Å²) in [6.07, 6.45) is 1.88. The van der Waals surface area contributed by atoms with Crippen LogP contribution in [0.4, 0.5) is 5.69 Å². The van der Waals surface area contributed by atoms with Gasteiger partial charge in [0.05, 0.1) is 16.7 Å². The molecule has 8 aromatic rings. The first-order valence-electron chi connectivity index (χ1n) is 16.5. The zero-order valence-corrected chi connectivity index (χ0v) is 27.4. The zero-order chi connectivity index (χ0) is 31.8. The molecule has 0 saturated heterocycles. The third kappa shape index (κ3) is 3.69. The van der Waals surface area contributed by atoms with Crippen LogP contribution in [0.5, 0.6) is 5.75 Å². The molecule has 0 aliphatic carbocycles. The Bertz CT molecular complexity index is 2500. The van der Waals surface area contributed by atoms with Crippen LogP contribution in [0.2, 0.25) is 0 Å². The number of pyridine rings is 1. The predicted octanol–water partition coefficient (Wildman–Crippen LogP) is 5.76. The van der Waals surface area contributed by atoms with Crippen molar-refractivity contribution >= 4 is 68.8 Å². The van der Waals surface area contributed by atoms with E-state index in [9.17, 15) is 0 Å². The molecule has 0 bridgehead atoms. The highest BCUT2D eigenvalue weighted by atomic mass is 28.3. The lowest BCUT2D eigenvalue weighted by molar-refractivity contribution is 0.602. The van der Waals surface area contributed by atoms with Gasteiger partial charge in [-0.25, -0.2) is 4.98 Å². The van der Waals surface area contributed by atoms with E-state index in [4.69, 9.17) is 9.64 Å². The second-order valence-electron chi connectivity index (χ2n) is 12.8. The molecular weight excluding hydrogens is 601 g/mol. The molecule has 0 amide bonds. The number of benzene rings is 6. The van der Waals surface area contributed by atoms with E-state index in [-0.39, 0.29) is 7.05 Å². The fourth-order valence-corrected chi connectivity index (χ4v) is 13.6. The molecule has 0 saturated carbocycles. The summed E-state index contributed by atoms with van der Waals surface area (Å²) in [4.78, 5) is 7.08. The van der Waals surface area contributed by atoms with E-state index in [1.807, 2.05) is 18.3 Å². The van der Waals surface area contributed by atoms with Gasteiger partial charge in [0.25, 0.3) is 0 Å². The number of aromatic nitrogens is 2. The van der Waals surface area contributed by atoms with Crippen molar-refractivity contribution in [1.82, 2.24) is 9.55 Å². The van der Waals surface area contributed by atoms with Gasteiger partial charge in [-0.1, -0.05) is 121 Å². The van der Waals surface area contributed by atoms with E-state index < -0.39 is 8.07 Å². The number of anilines is 1. The van der Waals surface area contributed by atoms with Crippen LogP contribution in [0.25, 0.3) is 38.8 Å². The number of hydrogen-bond acceptors (Lipinski definition) is 3. The molecule has 0 N–H and O–H groups in total. The largest absolute Gasteiger partial charge is 0.536 e. The molecule has 0 atom stereocenters. The molecule has 0 unspecified atom stereocenters. The van der Waals surface area contributed by atoms with Gasteiger partial charge < -0.3 is 9.47 Å². The lowest BCUT2D eigenvalue weighted by Crippen LogP contribution is -2.73. The minimum absolute atomic E-state index is 0.200. The van der Waals surface area contributed by atoms with E-state index in [0.29, 0.717) is 0 Å². The molecule has 48 heavy (non-hydrogen) atoms. The van der Waals surface area contributed by atoms with E-state index in [1.165, 1.54) is 48.2 Å². The lowest BCUT2D eigenvalue weighted by Gasteiger charge is -2.32. The highest BCUT2D eigenvalue weighted by Gasteiger charge is 2.49. The Morgan fingerprint density at radius 2 is 1.27 bits per heavy atom. The molecule has 4 nitrogen and oxygen atoms in total. The average molecular weight is 632 g/mol. The van der Waals surface area contributed by atoms with Gasteiger partial charge in [-0.15, -0.1) is 0 Å². The minimum atomic E-state index is -2.81. The van der Waals surface area contributed by atoms with Gasteiger partial charge in [-0.2, -0.15) is 0 Å². The van der Waals surface area contributed by atoms with Crippen molar-refractivity contribution in [1.29, 1.82) is 0 Å². The topological polar surface area (TPSA) is 30.3 Å². The first-order chi connectivity index (χ1) is 23.7. The van der Waals surface area contributed by atoms with E-state index in [0.717, 1.165) is 28.2 Å². The van der Waals surface area contributed by atoms with Crippen molar-refractivity contribution in [3.8, 4) is 22.7 Å². The quantitative estimate of drug-likeness (QED) is 0.232. The van der Waals surface area contributed by atoms with E-state index >= 15 is 0 Å². The summed E-state index contributed by atoms with van der Waals surface area (Å²) < 4.78 is 8.92. The Morgan fingerprint density at radius 1 is 0.583 bits per heavy atom. The van der Waals surface area contributed by atoms with Gasteiger partial charge in [0.2, 0.25) is 0 Å². The zero-order valence-electron chi connectivity index (χ0n) is 26.4. The first kappa shape index (κ1) is 27.3. The molecule has 6 aromatic carbocycles. The summed E-state index contributed by atoms with van der Waals surface area (Å²) in [5.74, 6) is 1.85. The number of rotatable bonds is 4. The number of para-hydroxylation sites is 3. The molecule has 2 aliphatic rings. The second kappa shape index (κ2) is 10.3. The standard InChI is InChI=1S/C42H30BN3OSi/c1-45-37-19-6-7-20-39(37)47-43(45)29-13-12-14-30(27-29)48(40-21-8-3-16-34(40)35-17-4-9-22-41(35)48)31-24-25-33-32-15-2-5-18-36(32)46(38(33)28-31)42-23-10-11-26-44-42/h2-28H,1H3. The average Bonchev–Trinajstić information content (AvgIpc) is 3.78. The molecule has 2 aromatic heterocycles. The molecule has 10 rings (SSSR count). The Morgan fingerprint density at radius 3 is 2.06 bits per heavy atom. The third-order valence-electron chi connectivity index (χ3n) is 10.4. The Labute approximate surface area is 280 Å². The van der Waals surface area contributed by atoms with Crippen LogP contribution in [0.1, 0.15) is 0 Å². The van der Waals surface area contributed by atoms with Crippen LogP contribution in [0.3, 0.4) is 0 Å². The Balaban J connectivity index is 1.27. The number of fused-ring (bicyclic) bond motifs is 7. The summed E-state index contributed by atoms with van der Waals surface area (Å²) >= 11 is 0. The van der Waals surface area contributed by atoms with Crippen molar-refractivity contribution < 1.29 is 4.65 Å². The van der Waals surface area contributed by atoms with Crippen molar-refractivity contribution in [2.75, 3.05) is 11.9 Å². The Hall–Kier alpha value is -5.85. The number of hydrogen-bond donors (Lipinski definition) is 0. The summed E-state index contributed by atoms with van der Waals surface area (Å²) in [7, 11) is -0.882. The minimum Gasteiger partial charge on any atom is -0.536 e. The predicted molar refractivity (Wildman–Crippen MR) is 202 cm³/mol. The van der Waals surface area contributed by atoms with Gasteiger partial charge in [0.15, 0.2) is 8.07 Å². The van der Waals surface area contributed by atoms with Crippen molar-refractivity contribution in [2.45, 2.75) is 0 Å². The first-order valence-corrected chi connectivity index (χ1v) is 18.5. The van der Waals surface area contributed by atoms with E-state index in [2.05, 4.69) is 162 Å². The molecule has 2 aliphatic heterocycles. The summed E-state index contributed by atoms with van der Waals surface area (Å²) in [6, 6.07) is 57.7. The van der Waals surface area contributed by atoms with Gasteiger partial charge in [0, 0.05) is 17.0 Å². The summed E-state index contributed by atoms with van der Waals surface area (Å²) in [5.41, 5.74) is 7.27. The molecule has 6 heteroatoms. The highest BCUT2D eigenvalue weighted by molar-refractivity contribution is 7.22. The SMILES string of the molecule is CN1B(c2cccc([Si]3(c4ccc5c6ccccc6n(-c6ccccn6)c5c4)c4ccccc4-c4ccccc43)c2)Oc2ccccc21. The van der Waals surface area contributed by atoms with Gasteiger partial charge in [0.1, 0.15) is 11.6 Å². The van der Waals surface area contributed by atoms with Gasteiger partial charge in [-0.05, 0) is 80.8 Å². The van der Waals surface area contributed by atoms with Crippen LogP contribution in [-0.4, -0.2) is 31.7 Å². The Kier molecular flexibility index (Phi) is 5.87. The highest BCUT2D eigenvalue weighted by Crippen LogP contribution is 2.35. The second-order valence-corrected chi connectivity index (χ2v) is 16.5. The molecule has 226 valence electrons. The van der Waals surface area contributed by atoms with Crippen molar-refractivity contribution in [3.63, 3.8) is 0 Å². The van der Waals surface area contributed by atoms with Crippen molar-refractivity contribution in [2.24, 2.45) is 0 Å². The van der Waals surface area contributed by atoms with Crippen LogP contribution in [-0.2, 0) is 0 Å². The molecular formula is C42H30BN3OSi. The monoisotopic (exact) mass is 631 g/mol. The molecule has 0 spiro atoms. The maximum atomic E-state index is 6.59. The van der Waals surface area contributed by atoms with E-state index in [1.54, 1.807) is 0 Å². The van der Waals surface area contributed by atoms with Crippen LogP contribution < -0.4 is 35.7 Å². The fraction of sp³-hybridized carbons (Fsp3) is 0.0238. The van der Waals surface area contributed by atoms with Crippen LogP contribution in [0.15, 0.2) is 164 Å². The fourth-order valence-electron chi connectivity index (χ4n) is 8.35. The maximum Gasteiger partial charge on any atom is 0.519 e. The summed E-state index contributed by atoms with van der Waals surface area (Å²) in [6.45, 7) is 0.